The van der Waals surface area contributed by atoms with Crippen molar-refractivity contribution in [2.24, 2.45) is 0 Å². The van der Waals surface area contributed by atoms with Crippen molar-refractivity contribution in [3.05, 3.63) is 100 Å². The number of rotatable bonds is 9. The van der Waals surface area contributed by atoms with Crippen LogP contribution in [0.5, 0.6) is 0 Å². The van der Waals surface area contributed by atoms with Crippen LogP contribution in [0.3, 0.4) is 0 Å². The molecule has 39 heavy (non-hydrogen) atoms. The quantitative estimate of drug-likeness (QED) is 0.250. The van der Waals surface area contributed by atoms with Crippen LogP contribution in [-0.4, -0.2) is 30.3 Å². The molecule has 0 saturated heterocycles. The lowest BCUT2D eigenvalue weighted by Crippen LogP contribution is -2.32. The molecule has 200 valence electrons. The number of anilines is 3. The lowest BCUT2D eigenvalue weighted by atomic mass is 10.0. The molecule has 2 N–H and O–H groups in total. The summed E-state index contributed by atoms with van der Waals surface area (Å²) in [5, 5.41) is 5.43. The minimum atomic E-state index is -0.627. The summed E-state index contributed by atoms with van der Waals surface area (Å²) in [6.45, 7) is 6.36. The van der Waals surface area contributed by atoms with E-state index in [1.807, 2.05) is 19.1 Å². The lowest BCUT2D eigenvalue weighted by Gasteiger charge is -2.16. The smallest absolute Gasteiger partial charge is 0.338 e. The molecule has 0 unspecified atom stereocenters. The van der Waals surface area contributed by atoms with Crippen molar-refractivity contribution in [1.29, 1.82) is 0 Å². The first kappa shape index (κ1) is 27.6. The average Bonchev–Trinajstić information content (AvgIpc) is 3.15. The molecule has 1 aliphatic heterocycles. The first-order valence-electron chi connectivity index (χ1n) is 12.5. The summed E-state index contributed by atoms with van der Waals surface area (Å²) in [7, 11) is 0. The molecule has 8 nitrogen and oxygen atoms in total. The third-order valence-electron chi connectivity index (χ3n) is 6.06. The predicted molar refractivity (Wildman–Crippen MR) is 151 cm³/mol. The lowest BCUT2D eigenvalue weighted by molar-refractivity contribution is -0.120. The van der Waals surface area contributed by atoms with E-state index in [1.165, 1.54) is 0 Å². The summed E-state index contributed by atoms with van der Waals surface area (Å²) in [4.78, 5) is 51.8. The van der Waals surface area contributed by atoms with Crippen LogP contribution in [-0.2, 0) is 14.3 Å². The maximum atomic E-state index is 13.1. The molecule has 3 aromatic carbocycles. The van der Waals surface area contributed by atoms with Crippen LogP contribution in [0.15, 0.2) is 83.5 Å². The second-order valence-corrected chi connectivity index (χ2v) is 9.63. The number of nitrogens with one attached hydrogen (secondary N) is 2. The number of carbonyl (C=O) groups excluding carboxylic acids is 4. The summed E-state index contributed by atoms with van der Waals surface area (Å²) in [5.41, 5.74) is 3.02. The van der Waals surface area contributed by atoms with Crippen LogP contribution in [0.1, 0.15) is 59.4 Å². The second-order valence-electron chi connectivity index (χ2n) is 9.25. The zero-order valence-corrected chi connectivity index (χ0v) is 22.5. The SMILES string of the molecule is CCCOC(=O)c1ccc(NC(=O)c2cccc(NC3=C(Cl)C(=O)N(c4ccc(C(C)C)cc4)C3=O)c2)cc1. The van der Waals surface area contributed by atoms with E-state index in [1.54, 1.807) is 60.7 Å². The summed E-state index contributed by atoms with van der Waals surface area (Å²) in [6.07, 6.45) is 0.728. The van der Waals surface area contributed by atoms with Gasteiger partial charge in [-0.25, -0.2) is 9.69 Å². The van der Waals surface area contributed by atoms with Crippen LogP contribution >= 0.6 is 11.6 Å². The maximum Gasteiger partial charge on any atom is 0.338 e. The van der Waals surface area contributed by atoms with E-state index in [0.29, 0.717) is 40.7 Å². The fourth-order valence-corrected chi connectivity index (χ4v) is 4.12. The minimum Gasteiger partial charge on any atom is -0.462 e. The van der Waals surface area contributed by atoms with E-state index in [9.17, 15) is 19.2 Å². The number of benzene rings is 3. The van der Waals surface area contributed by atoms with Gasteiger partial charge in [0.25, 0.3) is 17.7 Å². The Bertz CT molecular complexity index is 1450. The number of hydrogen-bond acceptors (Lipinski definition) is 6. The number of ether oxygens (including phenoxy) is 1. The zero-order chi connectivity index (χ0) is 28.1. The van der Waals surface area contributed by atoms with Crippen molar-refractivity contribution in [2.45, 2.75) is 33.1 Å². The Morgan fingerprint density at radius 1 is 0.897 bits per heavy atom. The summed E-state index contributed by atoms with van der Waals surface area (Å²) in [6, 6.07) is 20.0. The van der Waals surface area contributed by atoms with Crippen molar-refractivity contribution in [1.82, 2.24) is 0 Å². The molecular formula is C30H28ClN3O5. The van der Waals surface area contributed by atoms with E-state index in [2.05, 4.69) is 24.5 Å². The number of esters is 1. The average molecular weight is 546 g/mol. The van der Waals surface area contributed by atoms with Crippen LogP contribution in [0.2, 0.25) is 0 Å². The van der Waals surface area contributed by atoms with Crippen molar-refractivity contribution in [3.8, 4) is 0 Å². The molecule has 4 rings (SSSR count). The molecule has 0 bridgehead atoms. The number of imide groups is 1. The minimum absolute atomic E-state index is 0.0716. The first-order chi connectivity index (χ1) is 18.7. The van der Waals surface area contributed by atoms with Gasteiger partial charge in [-0.05, 0) is 72.5 Å². The molecule has 0 fully saturated rings. The molecule has 0 aliphatic carbocycles. The van der Waals surface area contributed by atoms with E-state index >= 15 is 0 Å². The van der Waals surface area contributed by atoms with Crippen LogP contribution in [0, 0.1) is 0 Å². The normalized spacial score (nSPS) is 13.2. The highest BCUT2D eigenvalue weighted by molar-refractivity contribution is 6.53. The molecule has 1 heterocycles. The van der Waals surface area contributed by atoms with E-state index < -0.39 is 23.7 Å². The highest BCUT2D eigenvalue weighted by atomic mass is 35.5. The van der Waals surface area contributed by atoms with Crippen molar-refractivity contribution >= 4 is 52.4 Å². The van der Waals surface area contributed by atoms with Gasteiger partial charge in [0, 0.05) is 16.9 Å². The fraction of sp³-hybridized carbons (Fsp3) is 0.200. The number of halogens is 1. The van der Waals surface area contributed by atoms with E-state index in [4.69, 9.17) is 16.3 Å². The first-order valence-corrected chi connectivity index (χ1v) is 12.9. The monoisotopic (exact) mass is 545 g/mol. The van der Waals surface area contributed by atoms with Gasteiger partial charge in [-0.3, -0.25) is 14.4 Å². The van der Waals surface area contributed by atoms with Gasteiger partial charge in [-0.15, -0.1) is 0 Å². The largest absolute Gasteiger partial charge is 0.462 e. The van der Waals surface area contributed by atoms with Gasteiger partial charge in [0.15, 0.2) is 0 Å². The molecule has 1 aliphatic rings. The summed E-state index contributed by atoms with van der Waals surface area (Å²) in [5.74, 6) is -1.73. The van der Waals surface area contributed by atoms with Gasteiger partial charge in [-0.1, -0.05) is 50.6 Å². The third-order valence-corrected chi connectivity index (χ3v) is 6.41. The highest BCUT2D eigenvalue weighted by Gasteiger charge is 2.39. The molecule has 3 aromatic rings. The Morgan fingerprint density at radius 2 is 1.59 bits per heavy atom. The van der Waals surface area contributed by atoms with Crippen LogP contribution in [0.4, 0.5) is 17.1 Å². The Labute approximate surface area is 231 Å². The van der Waals surface area contributed by atoms with Crippen LogP contribution in [0.25, 0.3) is 0 Å². The molecule has 0 spiro atoms. The van der Waals surface area contributed by atoms with Gasteiger partial charge in [0.2, 0.25) is 0 Å². The summed E-state index contributed by atoms with van der Waals surface area (Å²) >= 11 is 6.27. The van der Waals surface area contributed by atoms with Crippen LogP contribution < -0.4 is 15.5 Å². The molecule has 0 aromatic heterocycles. The second kappa shape index (κ2) is 12.0. The molecule has 0 radical (unpaired) electrons. The third kappa shape index (κ3) is 6.18. The maximum absolute atomic E-state index is 13.1. The van der Waals surface area contributed by atoms with Crippen molar-refractivity contribution in [3.63, 3.8) is 0 Å². The molecule has 9 heteroatoms. The number of nitrogens with zero attached hydrogens (tertiary/aromatic N) is 1. The van der Waals surface area contributed by atoms with Gasteiger partial charge in [-0.2, -0.15) is 0 Å². The molecule has 3 amide bonds. The Kier molecular flexibility index (Phi) is 8.46. The topological polar surface area (TPSA) is 105 Å². The Morgan fingerprint density at radius 3 is 2.23 bits per heavy atom. The molecule has 0 atom stereocenters. The van der Waals surface area contributed by atoms with Gasteiger partial charge in [0.05, 0.1) is 17.9 Å². The van der Waals surface area contributed by atoms with Crippen molar-refractivity contribution < 1.29 is 23.9 Å². The Balaban J connectivity index is 1.45. The fourth-order valence-electron chi connectivity index (χ4n) is 3.91. The van der Waals surface area contributed by atoms with Crippen molar-refractivity contribution in [2.75, 3.05) is 22.1 Å². The zero-order valence-electron chi connectivity index (χ0n) is 21.8. The summed E-state index contributed by atoms with van der Waals surface area (Å²) < 4.78 is 5.11. The Hall–Kier alpha value is -4.43. The van der Waals surface area contributed by atoms with E-state index in [0.717, 1.165) is 16.9 Å². The van der Waals surface area contributed by atoms with E-state index in [-0.39, 0.29) is 10.7 Å². The molecule has 0 saturated carbocycles. The standard InChI is InChI=1S/C30H28ClN3O5/c1-4-16-39-30(38)20-8-12-22(13-9-20)33-27(35)21-6-5-7-23(17-21)32-26-25(31)28(36)34(29(26)37)24-14-10-19(11-15-24)18(2)3/h5-15,17-18,32H,4,16H2,1-3H3,(H,33,35). The van der Waals surface area contributed by atoms with Gasteiger partial charge in [0.1, 0.15) is 10.7 Å². The predicted octanol–water partition coefficient (Wildman–Crippen LogP) is 6.06. The van der Waals surface area contributed by atoms with Gasteiger partial charge >= 0.3 is 5.97 Å². The molecular weight excluding hydrogens is 518 g/mol. The highest BCUT2D eigenvalue weighted by Crippen LogP contribution is 2.31. The number of amides is 3. The van der Waals surface area contributed by atoms with Gasteiger partial charge < -0.3 is 15.4 Å². The number of carbonyl (C=O) groups is 4. The number of hydrogen-bond donors (Lipinski definition) is 2.